The Balaban J connectivity index is 1.41. The van der Waals surface area contributed by atoms with Gasteiger partial charge in [0.2, 0.25) is 0 Å². The molecule has 5 rings (SSSR count). The third-order valence-electron chi connectivity index (χ3n) is 5.89. The SMILES string of the molecule is Cc1nc2c(F)cc(-c3cc(Nc4ccc(N5CCNCC5)cn4)ncn3)cc2n1C(C)C. The van der Waals surface area contributed by atoms with Crippen LogP contribution in [0.5, 0.6) is 0 Å². The lowest BCUT2D eigenvalue weighted by Gasteiger charge is -2.29. The molecule has 4 heterocycles. The number of piperazine rings is 1. The minimum absolute atomic E-state index is 0.169. The van der Waals surface area contributed by atoms with Crippen molar-refractivity contribution in [3.63, 3.8) is 0 Å². The molecule has 0 saturated carbocycles. The van der Waals surface area contributed by atoms with Crippen LogP contribution in [0.25, 0.3) is 22.3 Å². The molecule has 0 unspecified atom stereocenters. The van der Waals surface area contributed by atoms with Gasteiger partial charge >= 0.3 is 0 Å². The summed E-state index contributed by atoms with van der Waals surface area (Å²) in [5.74, 6) is 1.71. The summed E-state index contributed by atoms with van der Waals surface area (Å²) in [4.78, 5) is 19.9. The van der Waals surface area contributed by atoms with Crippen LogP contribution in [-0.2, 0) is 0 Å². The molecule has 33 heavy (non-hydrogen) atoms. The van der Waals surface area contributed by atoms with E-state index in [2.05, 4.69) is 55.4 Å². The van der Waals surface area contributed by atoms with Crippen LogP contribution in [0, 0.1) is 12.7 Å². The van der Waals surface area contributed by atoms with Gasteiger partial charge in [-0.05, 0) is 45.0 Å². The van der Waals surface area contributed by atoms with E-state index in [1.54, 1.807) is 6.07 Å². The highest BCUT2D eigenvalue weighted by atomic mass is 19.1. The molecule has 1 aliphatic heterocycles. The number of halogens is 1. The number of imidazole rings is 1. The molecule has 0 atom stereocenters. The zero-order chi connectivity index (χ0) is 22.9. The van der Waals surface area contributed by atoms with Crippen LogP contribution in [-0.4, -0.2) is 50.7 Å². The van der Waals surface area contributed by atoms with E-state index in [1.807, 2.05) is 29.8 Å². The summed E-state index contributed by atoms with van der Waals surface area (Å²) in [6.45, 7) is 9.92. The van der Waals surface area contributed by atoms with E-state index in [-0.39, 0.29) is 11.9 Å². The van der Waals surface area contributed by atoms with E-state index in [0.29, 0.717) is 28.4 Å². The van der Waals surface area contributed by atoms with Crippen LogP contribution >= 0.6 is 0 Å². The number of anilines is 3. The van der Waals surface area contributed by atoms with Crippen molar-refractivity contribution >= 4 is 28.4 Å². The van der Waals surface area contributed by atoms with Crippen molar-refractivity contribution in [1.29, 1.82) is 0 Å². The Labute approximate surface area is 191 Å². The molecule has 0 aliphatic carbocycles. The molecule has 1 fully saturated rings. The Morgan fingerprint density at radius 2 is 1.85 bits per heavy atom. The maximum atomic E-state index is 14.9. The first-order chi connectivity index (χ1) is 16.0. The molecule has 0 amide bonds. The summed E-state index contributed by atoms with van der Waals surface area (Å²) in [5.41, 5.74) is 3.54. The maximum absolute atomic E-state index is 14.9. The Bertz CT molecular complexity index is 1280. The maximum Gasteiger partial charge on any atom is 0.151 e. The molecular formula is C24H27FN8. The van der Waals surface area contributed by atoms with Crippen molar-refractivity contribution in [1.82, 2.24) is 29.8 Å². The molecule has 1 saturated heterocycles. The summed E-state index contributed by atoms with van der Waals surface area (Å²) in [7, 11) is 0. The van der Waals surface area contributed by atoms with E-state index in [4.69, 9.17) is 0 Å². The second kappa shape index (κ2) is 8.74. The molecule has 3 aromatic heterocycles. The van der Waals surface area contributed by atoms with Gasteiger partial charge in [0.15, 0.2) is 5.82 Å². The molecule has 0 spiro atoms. The van der Waals surface area contributed by atoms with E-state index in [1.165, 1.54) is 12.4 Å². The van der Waals surface area contributed by atoms with Gasteiger partial charge in [-0.1, -0.05) is 0 Å². The number of aromatic nitrogens is 5. The molecule has 1 aliphatic rings. The number of hydrogen-bond acceptors (Lipinski definition) is 7. The lowest BCUT2D eigenvalue weighted by Crippen LogP contribution is -2.43. The fraction of sp³-hybridized carbons (Fsp3) is 0.333. The van der Waals surface area contributed by atoms with Crippen molar-refractivity contribution in [2.24, 2.45) is 0 Å². The Kier molecular flexibility index (Phi) is 5.63. The summed E-state index contributed by atoms with van der Waals surface area (Å²) < 4.78 is 16.9. The Morgan fingerprint density at radius 1 is 1.03 bits per heavy atom. The molecule has 8 nitrogen and oxygen atoms in total. The quantitative estimate of drug-likeness (QED) is 0.478. The predicted octanol–water partition coefficient (Wildman–Crippen LogP) is 4.07. The van der Waals surface area contributed by atoms with E-state index < -0.39 is 0 Å². The Morgan fingerprint density at radius 3 is 2.58 bits per heavy atom. The van der Waals surface area contributed by atoms with Crippen LogP contribution in [0.15, 0.2) is 42.9 Å². The highest BCUT2D eigenvalue weighted by molar-refractivity contribution is 5.83. The number of aryl methyl sites for hydroxylation is 1. The van der Waals surface area contributed by atoms with E-state index >= 15 is 0 Å². The monoisotopic (exact) mass is 446 g/mol. The Hall–Kier alpha value is -3.59. The molecule has 0 radical (unpaired) electrons. The van der Waals surface area contributed by atoms with Gasteiger partial charge in [0.25, 0.3) is 0 Å². The fourth-order valence-corrected chi connectivity index (χ4v) is 4.35. The third-order valence-corrected chi connectivity index (χ3v) is 5.89. The zero-order valence-electron chi connectivity index (χ0n) is 19.0. The van der Waals surface area contributed by atoms with Crippen molar-refractivity contribution in [3.05, 3.63) is 54.5 Å². The van der Waals surface area contributed by atoms with Crippen molar-refractivity contribution in [2.45, 2.75) is 26.8 Å². The minimum atomic E-state index is -0.358. The third kappa shape index (κ3) is 4.23. The number of rotatable bonds is 5. The van der Waals surface area contributed by atoms with E-state index in [0.717, 1.165) is 43.2 Å². The lowest BCUT2D eigenvalue weighted by molar-refractivity contribution is 0.589. The summed E-state index contributed by atoms with van der Waals surface area (Å²) in [5, 5.41) is 6.58. The predicted molar refractivity (Wildman–Crippen MR) is 128 cm³/mol. The van der Waals surface area contributed by atoms with Crippen LogP contribution < -0.4 is 15.5 Å². The van der Waals surface area contributed by atoms with Crippen LogP contribution in [0.4, 0.5) is 21.7 Å². The smallest absolute Gasteiger partial charge is 0.151 e. The molecule has 1 aromatic carbocycles. The second-order valence-electron chi connectivity index (χ2n) is 8.50. The van der Waals surface area contributed by atoms with Crippen molar-refractivity contribution in [2.75, 3.05) is 36.4 Å². The van der Waals surface area contributed by atoms with Gasteiger partial charge in [-0.3, -0.25) is 0 Å². The van der Waals surface area contributed by atoms with Crippen molar-refractivity contribution < 1.29 is 4.39 Å². The first kappa shape index (κ1) is 21.3. The average molecular weight is 447 g/mol. The summed E-state index contributed by atoms with van der Waals surface area (Å²) >= 11 is 0. The molecule has 4 aromatic rings. The van der Waals surface area contributed by atoms with Gasteiger partial charge in [0.05, 0.1) is 23.1 Å². The van der Waals surface area contributed by atoms with Gasteiger partial charge in [-0.2, -0.15) is 0 Å². The number of fused-ring (bicyclic) bond motifs is 1. The summed E-state index contributed by atoms with van der Waals surface area (Å²) in [6, 6.07) is 9.38. The molecular weight excluding hydrogens is 419 g/mol. The molecule has 9 heteroatoms. The highest BCUT2D eigenvalue weighted by Gasteiger charge is 2.16. The first-order valence-electron chi connectivity index (χ1n) is 11.2. The number of pyridine rings is 1. The zero-order valence-corrected chi connectivity index (χ0v) is 19.0. The molecule has 0 bridgehead atoms. The van der Waals surface area contributed by atoms with Gasteiger partial charge in [0.1, 0.15) is 29.3 Å². The fourth-order valence-electron chi connectivity index (χ4n) is 4.35. The van der Waals surface area contributed by atoms with Crippen LogP contribution in [0.3, 0.4) is 0 Å². The normalized spacial score (nSPS) is 14.3. The number of hydrogen-bond donors (Lipinski definition) is 2. The summed E-state index contributed by atoms with van der Waals surface area (Å²) in [6.07, 6.45) is 3.34. The number of nitrogens with one attached hydrogen (secondary N) is 2. The standard InChI is InChI=1S/C24H27FN8/c1-15(2)33-16(3)30-24-19(25)10-17(11-21(24)33)20-12-23(29-14-28-20)31-22-5-4-18(13-27-22)32-8-6-26-7-9-32/h4-5,10-15,26H,6-9H2,1-3H3,(H,27,28,29,31). The largest absolute Gasteiger partial charge is 0.368 e. The lowest BCUT2D eigenvalue weighted by atomic mass is 10.1. The van der Waals surface area contributed by atoms with Gasteiger partial charge < -0.3 is 20.1 Å². The average Bonchev–Trinajstić information content (AvgIpc) is 3.17. The van der Waals surface area contributed by atoms with Crippen molar-refractivity contribution in [3.8, 4) is 11.3 Å². The second-order valence-corrected chi connectivity index (χ2v) is 8.50. The van der Waals surface area contributed by atoms with Crippen LogP contribution in [0.2, 0.25) is 0 Å². The topological polar surface area (TPSA) is 83.8 Å². The van der Waals surface area contributed by atoms with Crippen LogP contribution in [0.1, 0.15) is 25.7 Å². The van der Waals surface area contributed by atoms with Gasteiger partial charge in [-0.15, -0.1) is 0 Å². The van der Waals surface area contributed by atoms with Gasteiger partial charge in [0, 0.05) is 43.9 Å². The molecule has 2 N–H and O–H groups in total. The molecule has 170 valence electrons. The number of nitrogens with zero attached hydrogens (tertiary/aromatic N) is 6. The number of benzene rings is 1. The van der Waals surface area contributed by atoms with E-state index in [9.17, 15) is 4.39 Å². The minimum Gasteiger partial charge on any atom is -0.368 e. The highest BCUT2D eigenvalue weighted by Crippen LogP contribution is 2.29. The first-order valence-corrected chi connectivity index (χ1v) is 11.2. The van der Waals surface area contributed by atoms with Gasteiger partial charge in [-0.25, -0.2) is 24.3 Å².